The van der Waals surface area contributed by atoms with Crippen LogP contribution in [-0.2, 0) is 18.3 Å². The quantitative estimate of drug-likeness (QED) is 0.719. The highest BCUT2D eigenvalue weighted by Gasteiger charge is 2.08. The molecule has 0 saturated carbocycles. The summed E-state index contributed by atoms with van der Waals surface area (Å²) in [6, 6.07) is 0.271. The van der Waals surface area contributed by atoms with E-state index < -0.39 is 0 Å². The summed E-state index contributed by atoms with van der Waals surface area (Å²) < 4.78 is 11.8. The Morgan fingerprint density at radius 2 is 2.33 bits per heavy atom. The summed E-state index contributed by atoms with van der Waals surface area (Å²) in [4.78, 5) is 3.94. The van der Waals surface area contributed by atoms with Gasteiger partial charge in [0, 0.05) is 27.2 Å². The molecule has 0 amide bonds. The second-order valence-electron chi connectivity index (χ2n) is 3.43. The van der Waals surface area contributed by atoms with Crippen LogP contribution in [0.15, 0.2) is 6.33 Å². The minimum atomic E-state index is 0.271. The van der Waals surface area contributed by atoms with Crippen molar-refractivity contribution in [2.75, 3.05) is 20.3 Å². The Morgan fingerprint density at radius 1 is 1.44 bits per heavy atom. The van der Waals surface area contributed by atoms with Crippen LogP contribution in [0.4, 0.5) is 0 Å². The van der Waals surface area contributed by atoms with E-state index in [1.54, 1.807) is 25.2 Å². The molecular weight excluding hydrogens is 256 g/mol. The Balaban J connectivity index is 1.82. The van der Waals surface area contributed by atoms with Gasteiger partial charge in [0.25, 0.3) is 0 Å². The van der Waals surface area contributed by atoms with E-state index in [0.29, 0.717) is 18.3 Å². The van der Waals surface area contributed by atoms with Crippen molar-refractivity contribution in [2.24, 2.45) is 7.05 Å². The molecule has 0 aliphatic carbocycles. The first-order chi connectivity index (χ1) is 8.78. The number of methoxy groups -OCH3 is 1. The molecule has 0 aliphatic heterocycles. The fourth-order valence-corrected chi connectivity index (χ4v) is 1.82. The highest BCUT2D eigenvalue weighted by molar-refractivity contribution is 7.13. The smallest absolute Gasteiger partial charge is 0.342 e. The number of hydrogen-bond acceptors (Lipinski definition) is 8. The molecule has 0 unspecified atom stereocenters. The van der Waals surface area contributed by atoms with Gasteiger partial charge in [-0.25, -0.2) is 0 Å². The fraction of sp³-hybridized carbons (Fsp3) is 0.556. The van der Waals surface area contributed by atoms with E-state index in [4.69, 9.17) is 9.47 Å². The fourth-order valence-electron chi connectivity index (χ4n) is 1.16. The summed E-state index contributed by atoms with van der Waals surface area (Å²) in [5, 5.41) is 16.3. The van der Waals surface area contributed by atoms with E-state index in [1.807, 2.05) is 0 Å². The predicted molar refractivity (Wildman–Crippen MR) is 64.6 cm³/mol. The average molecular weight is 270 g/mol. The van der Waals surface area contributed by atoms with Crippen molar-refractivity contribution in [1.82, 2.24) is 30.3 Å². The standard InChI is InChI=1S/C9H14N6O2S/c1-15-6-11-8(14-15)17-9-13-12-7(18-9)5-10-3-4-16-2/h6,10H,3-5H2,1-2H3. The molecule has 0 bridgehead atoms. The first-order valence-corrected chi connectivity index (χ1v) is 6.15. The third-order valence-corrected chi connectivity index (χ3v) is 2.77. The van der Waals surface area contributed by atoms with Gasteiger partial charge in [0.05, 0.1) is 6.61 Å². The Kier molecular flexibility index (Phi) is 4.56. The monoisotopic (exact) mass is 270 g/mol. The number of aromatic nitrogens is 5. The number of nitrogens with zero attached hydrogens (tertiary/aromatic N) is 5. The van der Waals surface area contributed by atoms with Crippen LogP contribution in [0.1, 0.15) is 5.01 Å². The largest absolute Gasteiger partial charge is 0.393 e. The van der Waals surface area contributed by atoms with Gasteiger partial charge >= 0.3 is 11.2 Å². The highest BCUT2D eigenvalue weighted by Crippen LogP contribution is 2.21. The first kappa shape index (κ1) is 12.9. The SMILES string of the molecule is COCCNCc1nnc(Oc2ncn(C)n2)s1. The number of aryl methyl sites for hydroxylation is 1. The molecule has 2 aromatic heterocycles. The van der Waals surface area contributed by atoms with E-state index in [9.17, 15) is 0 Å². The Bertz CT molecular complexity index is 485. The Labute approximate surface area is 108 Å². The molecule has 8 nitrogen and oxygen atoms in total. The minimum Gasteiger partial charge on any atom is -0.393 e. The summed E-state index contributed by atoms with van der Waals surface area (Å²) in [6.07, 6.45) is 1.56. The average Bonchev–Trinajstić information content (AvgIpc) is 2.95. The van der Waals surface area contributed by atoms with Crippen LogP contribution in [0, 0.1) is 0 Å². The highest BCUT2D eigenvalue weighted by atomic mass is 32.1. The van der Waals surface area contributed by atoms with Crippen molar-refractivity contribution in [2.45, 2.75) is 6.54 Å². The van der Waals surface area contributed by atoms with Crippen LogP contribution in [0.3, 0.4) is 0 Å². The Hall–Kier alpha value is -1.58. The molecule has 0 atom stereocenters. The summed E-state index contributed by atoms with van der Waals surface area (Å²) in [5.74, 6) is 0. The summed E-state index contributed by atoms with van der Waals surface area (Å²) in [6.45, 7) is 2.08. The van der Waals surface area contributed by atoms with E-state index in [1.165, 1.54) is 11.3 Å². The summed E-state index contributed by atoms with van der Waals surface area (Å²) >= 11 is 1.36. The van der Waals surface area contributed by atoms with E-state index in [2.05, 4.69) is 25.6 Å². The number of rotatable bonds is 7. The molecule has 0 spiro atoms. The molecule has 18 heavy (non-hydrogen) atoms. The zero-order valence-corrected chi connectivity index (χ0v) is 11.0. The van der Waals surface area contributed by atoms with Crippen LogP contribution < -0.4 is 10.1 Å². The molecule has 2 heterocycles. The van der Waals surface area contributed by atoms with Crippen molar-refractivity contribution in [1.29, 1.82) is 0 Å². The zero-order chi connectivity index (χ0) is 12.8. The van der Waals surface area contributed by atoms with Gasteiger partial charge in [-0.3, -0.25) is 4.68 Å². The number of ether oxygens (including phenoxy) is 2. The van der Waals surface area contributed by atoms with Crippen molar-refractivity contribution < 1.29 is 9.47 Å². The second kappa shape index (κ2) is 6.38. The normalized spacial score (nSPS) is 10.8. The number of nitrogens with one attached hydrogen (secondary N) is 1. The zero-order valence-electron chi connectivity index (χ0n) is 10.2. The molecule has 2 aromatic rings. The van der Waals surface area contributed by atoms with Gasteiger partial charge in [-0.05, 0) is 0 Å². The topological polar surface area (TPSA) is 87.0 Å². The lowest BCUT2D eigenvalue weighted by Gasteiger charge is -1.99. The van der Waals surface area contributed by atoms with Gasteiger partial charge in [-0.15, -0.1) is 10.2 Å². The maximum Gasteiger partial charge on any atom is 0.342 e. The molecular formula is C9H14N6O2S. The summed E-state index contributed by atoms with van der Waals surface area (Å²) in [5.41, 5.74) is 0. The van der Waals surface area contributed by atoms with Crippen LogP contribution in [-0.4, -0.2) is 45.2 Å². The molecule has 0 aliphatic rings. The van der Waals surface area contributed by atoms with Crippen molar-refractivity contribution in [3.05, 3.63) is 11.3 Å². The maximum atomic E-state index is 5.36. The molecule has 0 radical (unpaired) electrons. The van der Waals surface area contributed by atoms with Gasteiger partial charge < -0.3 is 14.8 Å². The minimum absolute atomic E-state index is 0.271. The molecule has 0 saturated heterocycles. The van der Waals surface area contributed by atoms with E-state index >= 15 is 0 Å². The molecule has 1 N–H and O–H groups in total. The van der Waals surface area contributed by atoms with Crippen LogP contribution in [0.2, 0.25) is 0 Å². The van der Waals surface area contributed by atoms with Gasteiger partial charge in [-0.2, -0.15) is 4.98 Å². The van der Waals surface area contributed by atoms with Gasteiger partial charge in [-0.1, -0.05) is 16.4 Å². The number of hydrogen-bond donors (Lipinski definition) is 1. The second-order valence-corrected chi connectivity index (χ2v) is 4.46. The van der Waals surface area contributed by atoms with Crippen molar-refractivity contribution in [3.63, 3.8) is 0 Å². The lowest BCUT2D eigenvalue weighted by molar-refractivity contribution is 0.199. The van der Waals surface area contributed by atoms with E-state index in [-0.39, 0.29) is 6.01 Å². The Morgan fingerprint density at radius 3 is 3.06 bits per heavy atom. The lowest BCUT2D eigenvalue weighted by Crippen LogP contribution is -2.18. The third-order valence-electron chi connectivity index (χ3n) is 1.96. The molecule has 98 valence electrons. The van der Waals surface area contributed by atoms with Crippen LogP contribution in [0.25, 0.3) is 0 Å². The summed E-state index contributed by atoms with van der Waals surface area (Å²) in [7, 11) is 3.43. The lowest BCUT2D eigenvalue weighted by atomic mass is 10.6. The first-order valence-electron chi connectivity index (χ1n) is 5.33. The van der Waals surface area contributed by atoms with Gasteiger partial charge in [0.2, 0.25) is 0 Å². The molecule has 2 rings (SSSR count). The van der Waals surface area contributed by atoms with Crippen molar-refractivity contribution >= 4 is 11.3 Å². The maximum absolute atomic E-state index is 5.36. The van der Waals surface area contributed by atoms with Crippen LogP contribution >= 0.6 is 11.3 Å². The van der Waals surface area contributed by atoms with Gasteiger partial charge in [0.1, 0.15) is 11.3 Å². The van der Waals surface area contributed by atoms with E-state index in [0.717, 1.165) is 11.6 Å². The predicted octanol–water partition coefficient (Wildman–Crippen LogP) is 0.195. The van der Waals surface area contributed by atoms with Crippen molar-refractivity contribution in [3.8, 4) is 11.2 Å². The molecule has 0 fully saturated rings. The van der Waals surface area contributed by atoms with Gasteiger partial charge in [0.15, 0.2) is 0 Å². The third kappa shape index (κ3) is 3.72. The van der Waals surface area contributed by atoms with Crippen LogP contribution in [0.5, 0.6) is 11.2 Å². The molecule has 0 aromatic carbocycles. The molecule has 9 heteroatoms.